The van der Waals surface area contributed by atoms with Gasteiger partial charge in [-0.05, 0) is 50.7 Å². The highest BCUT2D eigenvalue weighted by Gasteiger charge is 2.47. The smallest absolute Gasteiger partial charge is 0.320 e. The summed E-state index contributed by atoms with van der Waals surface area (Å²) in [4.78, 5) is 20.5. The van der Waals surface area contributed by atoms with Crippen molar-refractivity contribution in [1.29, 1.82) is 0 Å². The third-order valence-corrected chi connectivity index (χ3v) is 5.72. The molecule has 3 heterocycles. The Labute approximate surface area is 154 Å². The Morgan fingerprint density at radius 1 is 1.42 bits per heavy atom. The lowest BCUT2D eigenvalue weighted by atomic mass is 9.76. The topological polar surface area (TPSA) is 91.9 Å². The Bertz CT molecular complexity index is 598. The molecule has 0 saturated carbocycles. The first-order chi connectivity index (χ1) is 12.5. The van der Waals surface area contributed by atoms with E-state index in [0.29, 0.717) is 31.3 Å². The van der Waals surface area contributed by atoms with Crippen LogP contribution in [0.2, 0.25) is 0 Å². The maximum absolute atomic E-state index is 11.6. The fourth-order valence-corrected chi connectivity index (χ4v) is 4.30. The molecular weight excluding hydrogens is 336 g/mol. The molecular formula is C18H30N4O4. The largest absolute Gasteiger partial charge is 0.480 e. The third-order valence-electron chi connectivity index (χ3n) is 5.72. The number of hydrogen-bond donors (Lipinski definition) is 1. The molecule has 0 radical (unpaired) electrons. The van der Waals surface area contributed by atoms with E-state index in [1.807, 2.05) is 0 Å². The summed E-state index contributed by atoms with van der Waals surface area (Å²) in [6.45, 7) is 7.03. The van der Waals surface area contributed by atoms with Crippen LogP contribution in [0.15, 0.2) is 4.52 Å². The average Bonchev–Trinajstić information content (AvgIpc) is 3.21. The maximum atomic E-state index is 11.6. The first-order valence-electron chi connectivity index (χ1n) is 9.55. The molecule has 1 spiro atoms. The van der Waals surface area contributed by atoms with Crippen molar-refractivity contribution in [3.63, 3.8) is 0 Å². The third kappa shape index (κ3) is 4.42. The van der Waals surface area contributed by atoms with E-state index in [-0.39, 0.29) is 11.5 Å². The fraction of sp³-hybridized carbons (Fsp3) is 0.833. The zero-order valence-corrected chi connectivity index (χ0v) is 15.8. The quantitative estimate of drug-likeness (QED) is 0.738. The Balaban J connectivity index is 1.52. The number of carboxylic acids is 1. The van der Waals surface area contributed by atoms with Crippen LogP contribution in [0.25, 0.3) is 0 Å². The number of ether oxygens (including phenoxy) is 1. The van der Waals surface area contributed by atoms with Crippen LogP contribution in [0.1, 0.15) is 44.3 Å². The molecule has 8 nitrogen and oxygen atoms in total. The molecule has 8 heteroatoms. The van der Waals surface area contributed by atoms with Gasteiger partial charge in [-0.2, -0.15) is 4.98 Å². The summed E-state index contributed by atoms with van der Waals surface area (Å²) in [5, 5.41) is 13.5. The van der Waals surface area contributed by atoms with Gasteiger partial charge in [0.15, 0.2) is 5.82 Å². The van der Waals surface area contributed by atoms with Crippen LogP contribution in [-0.2, 0) is 22.5 Å². The van der Waals surface area contributed by atoms with Crippen LogP contribution < -0.4 is 0 Å². The molecule has 0 unspecified atom stereocenters. The Kier molecular flexibility index (Phi) is 6.26. The molecule has 2 saturated heterocycles. The summed E-state index contributed by atoms with van der Waals surface area (Å²) in [6, 6.07) is -0.319. The number of nitrogens with zero attached hydrogens (tertiary/aromatic N) is 4. The molecule has 3 rings (SSSR count). The number of hydrogen-bond acceptors (Lipinski definition) is 7. The number of carboxylic acid groups (broad SMARTS) is 1. The highest BCUT2D eigenvalue weighted by molar-refractivity contribution is 5.74. The van der Waals surface area contributed by atoms with Gasteiger partial charge in [0.25, 0.3) is 0 Å². The lowest BCUT2D eigenvalue weighted by Crippen LogP contribution is -2.41. The second kappa shape index (κ2) is 8.45. The predicted molar refractivity (Wildman–Crippen MR) is 94.7 cm³/mol. The van der Waals surface area contributed by atoms with Crippen molar-refractivity contribution in [2.45, 2.75) is 51.6 Å². The van der Waals surface area contributed by atoms with E-state index in [4.69, 9.17) is 9.26 Å². The van der Waals surface area contributed by atoms with Gasteiger partial charge in [-0.1, -0.05) is 12.1 Å². The van der Waals surface area contributed by atoms with Gasteiger partial charge in [-0.3, -0.25) is 14.6 Å². The summed E-state index contributed by atoms with van der Waals surface area (Å²) < 4.78 is 10.4. The van der Waals surface area contributed by atoms with Gasteiger partial charge in [0, 0.05) is 20.1 Å². The molecule has 26 heavy (non-hydrogen) atoms. The van der Waals surface area contributed by atoms with E-state index in [2.05, 4.69) is 26.9 Å². The van der Waals surface area contributed by atoms with Crippen LogP contribution in [0.4, 0.5) is 0 Å². The van der Waals surface area contributed by atoms with Crippen molar-refractivity contribution in [3.8, 4) is 0 Å². The van der Waals surface area contributed by atoms with Crippen LogP contribution in [0, 0.1) is 5.41 Å². The number of aromatic nitrogens is 2. The maximum Gasteiger partial charge on any atom is 0.320 e. The first kappa shape index (κ1) is 19.3. The van der Waals surface area contributed by atoms with Crippen LogP contribution in [0.5, 0.6) is 0 Å². The highest BCUT2D eigenvalue weighted by Crippen LogP contribution is 2.43. The lowest BCUT2D eigenvalue weighted by Gasteiger charge is -2.38. The summed E-state index contributed by atoms with van der Waals surface area (Å²) in [6.07, 6.45) is 4.49. The van der Waals surface area contributed by atoms with Crippen molar-refractivity contribution < 1.29 is 19.2 Å². The van der Waals surface area contributed by atoms with E-state index in [0.717, 1.165) is 51.9 Å². The van der Waals surface area contributed by atoms with Crippen LogP contribution in [-0.4, -0.2) is 77.0 Å². The zero-order valence-electron chi connectivity index (χ0n) is 15.8. The normalized spacial score (nSPS) is 23.7. The molecule has 1 atom stereocenters. The monoisotopic (exact) mass is 366 g/mol. The second-order valence-electron chi connectivity index (χ2n) is 7.65. The Morgan fingerprint density at radius 3 is 2.85 bits per heavy atom. The van der Waals surface area contributed by atoms with E-state index in [1.54, 1.807) is 7.11 Å². The van der Waals surface area contributed by atoms with E-state index >= 15 is 0 Å². The molecule has 1 aromatic heterocycles. The zero-order chi connectivity index (χ0) is 18.6. The Hall–Kier alpha value is -1.51. The number of likely N-dealkylation sites (tertiary alicyclic amines) is 2. The minimum atomic E-state index is -0.674. The molecule has 1 N–H and O–H groups in total. The van der Waals surface area contributed by atoms with Gasteiger partial charge >= 0.3 is 5.97 Å². The number of aliphatic carboxylic acids is 1. The minimum Gasteiger partial charge on any atom is -0.480 e. The van der Waals surface area contributed by atoms with Gasteiger partial charge in [0.05, 0.1) is 13.2 Å². The molecule has 146 valence electrons. The number of piperidine rings is 1. The van der Waals surface area contributed by atoms with Gasteiger partial charge < -0.3 is 14.4 Å². The summed E-state index contributed by atoms with van der Waals surface area (Å²) >= 11 is 0. The van der Waals surface area contributed by atoms with Gasteiger partial charge in [-0.25, -0.2) is 0 Å². The number of carbonyl (C=O) groups is 1. The number of methoxy groups -OCH3 is 1. The summed E-state index contributed by atoms with van der Waals surface area (Å²) in [5.41, 5.74) is 0.146. The van der Waals surface area contributed by atoms with Gasteiger partial charge in [0.1, 0.15) is 6.04 Å². The summed E-state index contributed by atoms with van der Waals surface area (Å²) in [7, 11) is 1.66. The van der Waals surface area contributed by atoms with Crippen molar-refractivity contribution in [2.24, 2.45) is 5.41 Å². The molecule has 0 bridgehead atoms. The van der Waals surface area contributed by atoms with Crippen molar-refractivity contribution in [1.82, 2.24) is 19.9 Å². The molecule has 2 aliphatic heterocycles. The molecule has 0 amide bonds. The molecule has 1 aromatic rings. The minimum absolute atomic E-state index is 0.146. The van der Waals surface area contributed by atoms with Gasteiger partial charge in [0.2, 0.25) is 5.89 Å². The molecule has 0 aliphatic carbocycles. The standard InChI is InChI=1S/C18H30N4O4/c1-3-7-22-13-18(11-14(22)17(23)24)5-8-21(9-6-18)12-16-19-15(20-26-16)4-10-25-2/h14H,3-13H2,1-2H3,(H,23,24)/t14-/m0/s1. The number of rotatable bonds is 8. The van der Waals surface area contributed by atoms with E-state index in [1.165, 1.54) is 0 Å². The van der Waals surface area contributed by atoms with Crippen molar-refractivity contribution in [2.75, 3.05) is 39.9 Å². The van der Waals surface area contributed by atoms with Crippen LogP contribution >= 0.6 is 0 Å². The highest BCUT2D eigenvalue weighted by atomic mass is 16.5. The summed E-state index contributed by atoms with van der Waals surface area (Å²) in [5.74, 6) is 0.660. The van der Waals surface area contributed by atoms with Crippen molar-refractivity contribution >= 4 is 5.97 Å². The lowest BCUT2D eigenvalue weighted by molar-refractivity contribution is -0.142. The molecule has 2 fully saturated rings. The predicted octanol–water partition coefficient (Wildman–Crippen LogP) is 1.41. The molecule has 2 aliphatic rings. The van der Waals surface area contributed by atoms with Crippen molar-refractivity contribution in [3.05, 3.63) is 11.7 Å². The second-order valence-corrected chi connectivity index (χ2v) is 7.65. The molecule has 0 aromatic carbocycles. The Morgan fingerprint density at radius 2 is 2.19 bits per heavy atom. The van der Waals surface area contributed by atoms with E-state index in [9.17, 15) is 9.90 Å². The fourth-order valence-electron chi connectivity index (χ4n) is 4.30. The van der Waals surface area contributed by atoms with Crippen LogP contribution in [0.3, 0.4) is 0 Å². The van der Waals surface area contributed by atoms with E-state index < -0.39 is 5.97 Å². The first-order valence-corrected chi connectivity index (χ1v) is 9.55. The van der Waals surface area contributed by atoms with Gasteiger partial charge in [-0.15, -0.1) is 0 Å². The SMILES string of the molecule is CCCN1CC2(CCN(Cc3nc(CCOC)no3)CC2)C[C@H]1C(=O)O. The average molecular weight is 366 g/mol.